The normalized spacial score (nSPS) is 0. The summed E-state index contributed by atoms with van der Waals surface area (Å²) in [7, 11) is 0. The first kappa shape index (κ1) is 343. The molecule has 0 radical (unpaired) electrons. The zero-order chi connectivity index (χ0) is 0. The van der Waals surface area contributed by atoms with Crippen molar-refractivity contribution in [2.45, 2.75) is 0 Å². The summed E-state index contributed by atoms with van der Waals surface area (Å²) in [6.45, 7) is 0. The Hall–Kier alpha value is 6.81. The second-order valence-electron chi connectivity index (χ2n) is 0. The summed E-state index contributed by atoms with van der Waals surface area (Å²) < 4.78 is 0. The zero-order valence-electron chi connectivity index (χ0n) is 8.20. The van der Waals surface area contributed by atoms with Gasteiger partial charge in [0.2, 0.25) is 0 Å². The summed E-state index contributed by atoms with van der Waals surface area (Å²) in [6.07, 6.45) is 0. The van der Waals surface area contributed by atoms with Crippen LogP contribution in [-0.2, 0) is 65.2 Å². The molecule has 132 valence electrons. The Labute approximate surface area is 278 Å². The molecule has 0 bridgehead atoms. The van der Waals surface area contributed by atoms with Gasteiger partial charge in [0.1, 0.15) is 0 Å². The fraction of sp³-hybridized carbons (Fsp3) is 0. The first-order chi connectivity index (χ1) is 0. The molecule has 0 aromatic carbocycles. The largest absolute Gasteiger partial charge is 3.00 e. The molecule has 0 aromatic rings. The van der Waals surface area contributed by atoms with Gasteiger partial charge in [0.25, 0.3) is 0 Å². The van der Waals surface area contributed by atoms with Crippen LogP contribution in [0.2, 0.25) is 0 Å². The summed E-state index contributed by atoms with van der Waals surface area (Å²) in [6, 6.07) is 0. The van der Waals surface area contributed by atoms with Crippen molar-refractivity contribution in [2.75, 3.05) is 0 Å². The van der Waals surface area contributed by atoms with Crippen LogP contribution in [0, 0.1) is 154 Å². The van der Waals surface area contributed by atoms with Crippen LogP contribution in [0.3, 0.4) is 0 Å². The van der Waals surface area contributed by atoms with Crippen molar-refractivity contribution < 1.29 is 285 Å². The van der Waals surface area contributed by atoms with Gasteiger partial charge >= 0.3 is 154 Å². The van der Waals surface area contributed by atoms with E-state index in [0.717, 1.165) is 0 Å². The third-order valence-corrected chi connectivity index (χ3v) is 0. The third kappa shape index (κ3) is 279. The minimum atomic E-state index is 0. The molecule has 19 heteroatoms. The Morgan fingerprint density at radius 2 is 0.158 bits per heavy atom. The molecule has 0 saturated heterocycles. The molecule has 12 nitrogen and oxygen atoms in total. The number of rotatable bonds is 0. The molecule has 0 fully saturated rings. The first-order valence-corrected chi connectivity index (χ1v) is 0. The summed E-state index contributed by atoms with van der Waals surface area (Å²) >= 11 is 0. The van der Waals surface area contributed by atoms with Gasteiger partial charge in [0.05, 0.1) is 0 Å². The van der Waals surface area contributed by atoms with Gasteiger partial charge in [-0.1, -0.05) is 0 Å². The van der Waals surface area contributed by atoms with E-state index in [1.54, 1.807) is 0 Å². The van der Waals surface area contributed by atoms with E-state index in [9.17, 15) is 0 Å². The van der Waals surface area contributed by atoms with Crippen molar-refractivity contribution in [1.82, 2.24) is 0 Å². The molecule has 19 heavy (non-hydrogen) atoms. The average molecular weight is 983 g/mol. The van der Waals surface area contributed by atoms with Crippen LogP contribution >= 0.6 is 0 Å². The molecule has 0 aliphatic carbocycles. The van der Waals surface area contributed by atoms with Crippen LogP contribution < -0.4 is 0 Å². The molecule has 0 atom stereocenters. The molecule has 0 saturated carbocycles. The van der Waals surface area contributed by atoms with Crippen LogP contribution in [0.25, 0.3) is 0 Å². The van der Waals surface area contributed by atoms with Crippen LogP contribution in [0.15, 0.2) is 0 Å². The summed E-state index contributed by atoms with van der Waals surface area (Å²) in [5.41, 5.74) is 0. The molecule has 0 aliphatic heterocycles. The predicted octanol–water partition coefficient (Wildman–Crippen LogP) is -2.13. The van der Waals surface area contributed by atoms with Gasteiger partial charge < -0.3 is 65.7 Å². The Morgan fingerprint density at radius 3 is 0.158 bits per heavy atom. The summed E-state index contributed by atoms with van der Waals surface area (Å²) in [5, 5.41) is 0. The van der Waals surface area contributed by atoms with Crippen LogP contribution in [-0.4, -0.2) is 65.7 Å². The molecule has 0 aliphatic rings. The standard InChI is InChI=1S/12H2O.4Tb.3Ti/h12*1H2;;;;;;;/q;;;;;;;;;;;;4*+3;;;/p-12. The van der Waals surface area contributed by atoms with E-state index in [1.807, 2.05) is 0 Å². The quantitative estimate of drug-likeness (QED) is 0.235. The SMILES string of the molecule is [OH-].[OH-].[OH-].[OH-].[OH-].[OH-].[OH-].[OH-].[OH-].[OH-].[OH-].[OH-].[Tb+3].[Tb+3].[Tb+3].[Tb+3].[Ti].[Ti].[Ti]. The fourth-order valence-corrected chi connectivity index (χ4v) is 0. The number of hydrogen-bond acceptors (Lipinski definition) is 12. The van der Waals surface area contributed by atoms with Gasteiger partial charge in [0, 0.05) is 65.2 Å². The van der Waals surface area contributed by atoms with E-state index in [1.165, 1.54) is 0 Å². The molecule has 12 N–H and O–H groups in total. The smallest absolute Gasteiger partial charge is 0.870 e. The van der Waals surface area contributed by atoms with Crippen molar-refractivity contribution in [3.63, 3.8) is 0 Å². The maximum atomic E-state index is 0. The van der Waals surface area contributed by atoms with Gasteiger partial charge in [-0.05, 0) is 0 Å². The van der Waals surface area contributed by atoms with E-state index < -0.39 is 0 Å². The van der Waals surface area contributed by atoms with Gasteiger partial charge in [-0.25, -0.2) is 0 Å². The van der Waals surface area contributed by atoms with Gasteiger partial charge in [0.15, 0.2) is 0 Å². The maximum absolute atomic E-state index is 0. The second kappa shape index (κ2) is 304. The Morgan fingerprint density at radius 1 is 0.158 bits per heavy atom. The van der Waals surface area contributed by atoms with Crippen molar-refractivity contribution in [3.8, 4) is 0 Å². The maximum Gasteiger partial charge on any atom is 3.00 e. The van der Waals surface area contributed by atoms with E-state index in [4.69, 9.17) is 0 Å². The van der Waals surface area contributed by atoms with Crippen molar-refractivity contribution >= 4 is 0 Å². The summed E-state index contributed by atoms with van der Waals surface area (Å²) in [5.74, 6) is 0. The van der Waals surface area contributed by atoms with Crippen molar-refractivity contribution in [1.29, 1.82) is 0 Å². The molecule has 0 spiro atoms. The second-order valence-corrected chi connectivity index (χ2v) is 0. The predicted molar refractivity (Wildman–Crippen MR) is 23.2 cm³/mol. The van der Waals surface area contributed by atoms with Crippen molar-refractivity contribution in [3.05, 3.63) is 0 Å². The van der Waals surface area contributed by atoms with E-state index in [2.05, 4.69) is 0 Å². The zero-order valence-corrected chi connectivity index (χ0v) is 21.4. The fourth-order valence-electron chi connectivity index (χ4n) is 0. The topological polar surface area (TPSA) is 360 Å². The van der Waals surface area contributed by atoms with Crippen LogP contribution in [0.5, 0.6) is 0 Å². The van der Waals surface area contributed by atoms with Gasteiger partial charge in [-0.3, -0.25) is 0 Å². The van der Waals surface area contributed by atoms with Crippen molar-refractivity contribution in [2.24, 2.45) is 0 Å². The molecular weight excluding hydrogens is 971 g/mol. The monoisotopic (exact) mass is 984 g/mol. The van der Waals surface area contributed by atoms with E-state index in [0.29, 0.717) is 0 Å². The van der Waals surface area contributed by atoms with Crippen LogP contribution in [0.1, 0.15) is 0 Å². The van der Waals surface area contributed by atoms with E-state index >= 15 is 0 Å². The molecular formula is H12O12Tb4Ti3. The molecule has 0 aromatic heterocycles. The molecule has 0 heterocycles. The average Bonchev–Trinajstić information content (AvgIpc) is 0. The Balaban J connectivity index is 0. The first-order valence-electron chi connectivity index (χ1n) is 0. The third-order valence-electron chi connectivity index (χ3n) is 0. The van der Waals surface area contributed by atoms with E-state index in [-0.39, 0.29) is 285 Å². The number of hydrogen-bond donors (Lipinski definition) is 0. The Bertz CT molecular complexity index is 24.9. The van der Waals surface area contributed by atoms with Gasteiger partial charge in [-0.15, -0.1) is 0 Å². The minimum Gasteiger partial charge on any atom is -0.870 e. The Kier molecular flexibility index (Phi) is 5480. The minimum absolute atomic E-state index is 0. The van der Waals surface area contributed by atoms with Gasteiger partial charge in [-0.2, -0.15) is 0 Å². The molecule has 0 amide bonds. The van der Waals surface area contributed by atoms with Crippen LogP contribution in [0.4, 0.5) is 0 Å². The summed E-state index contributed by atoms with van der Waals surface area (Å²) in [4.78, 5) is 0. The molecule has 0 rings (SSSR count). The molecule has 0 unspecified atom stereocenters.